The summed E-state index contributed by atoms with van der Waals surface area (Å²) in [5, 5.41) is -0.689. The van der Waals surface area contributed by atoms with Crippen molar-refractivity contribution in [2.75, 3.05) is 0 Å². The number of rotatable bonds is 5. The first kappa shape index (κ1) is 20.5. The van der Waals surface area contributed by atoms with Crippen LogP contribution in [0.15, 0.2) is 54.6 Å². The Kier molecular flexibility index (Phi) is 5.50. The van der Waals surface area contributed by atoms with Crippen molar-refractivity contribution in [1.82, 2.24) is 0 Å². The fourth-order valence-corrected chi connectivity index (χ4v) is 6.35. The van der Waals surface area contributed by atoms with E-state index in [1.165, 1.54) is 24.3 Å². The summed E-state index contributed by atoms with van der Waals surface area (Å²) in [4.78, 5) is 24.9. The van der Waals surface area contributed by atoms with Crippen LogP contribution in [-0.2, 0) is 25.8 Å². The summed E-state index contributed by atoms with van der Waals surface area (Å²) in [6.07, 6.45) is -4.73. The fraction of sp³-hybridized carbons (Fsp3) is 0.263. The number of halogens is 2. The Balaban J connectivity index is 1.54. The first-order valence-electron chi connectivity index (χ1n) is 8.56. The number of ether oxygens (including phenoxy) is 2. The van der Waals surface area contributed by atoms with Gasteiger partial charge in [-0.1, -0.05) is 0 Å². The molecule has 2 saturated heterocycles. The van der Waals surface area contributed by atoms with Gasteiger partial charge in [0.1, 0.15) is 0 Å². The van der Waals surface area contributed by atoms with Gasteiger partial charge in [-0.3, -0.25) is 0 Å². The quantitative estimate of drug-likeness (QED) is 0.349. The van der Waals surface area contributed by atoms with Gasteiger partial charge in [-0.2, -0.15) is 0 Å². The van der Waals surface area contributed by atoms with Gasteiger partial charge < -0.3 is 0 Å². The number of fused-ring (bicyclic) bond motifs is 2. The molecule has 2 fully saturated rings. The molecule has 4 rings (SSSR count). The van der Waals surface area contributed by atoms with Crippen LogP contribution in [0.4, 0.5) is 0 Å². The fourth-order valence-electron chi connectivity index (χ4n) is 3.29. The van der Waals surface area contributed by atoms with Crippen molar-refractivity contribution < 1.29 is 30.6 Å². The van der Waals surface area contributed by atoms with Gasteiger partial charge in [-0.05, 0) is 0 Å². The predicted molar refractivity (Wildman–Crippen MR) is 102 cm³/mol. The number of carbonyl (C=O) groups excluding carboxylic acids is 2. The van der Waals surface area contributed by atoms with Crippen LogP contribution in [0.1, 0.15) is 10.4 Å². The van der Waals surface area contributed by atoms with Gasteiger partial charge >= 0.3 is 178 Å². The second-order valence-electron chi connectivity index (χ2n) is 6.53. The average Bonchev–Trinajstić information content (AvgIpc) is 3.18. The van der Waals surface area contributed by atoms with Gasteiger partial charge in [-0.25, -0.2) is 0 Å². The normalized spacial score (nSPS) is 28.5. The first-order valence-corrected chi connectivity index (χ1v) is 12.3. The molecular weight excluding hydrogens is 490 g/mol. The Morgan fingerprint density at radius 1 is 1.07 bits per heavy atom. The molecule has 0 unspecified atom stereocenters. The van der Waals surface area contributed by atoms with Crippen molar-refractivity contribution >= 4 is 52.5 Å². The molecule has 0 radical (unpaired) electrons. The maximum atomic E-state index is 12.6. The van der Waals surface area contributed by atoms with Crippen LogP contribution >= 0.6 is 23.2 Å². The van der Waals surface area contributed by atoms with Crippen molar-refractivity contribution in [3.8, 4) is 0 Å². The van der Waals surface area contributed by atoms with Gasteiger partial charge in [0, 0.05) is 0 Å². The van der Waals surface area contributed by atoms with Crippen LogP contribution in [0.2, 0.25) is 5.02 Å². The van der Waals surface area contributed by atoms with Crippen molar-refractivity contribution in [3.05, 3.63) is 65.2 Å². The number of ketones is 1. The van der Waals surface area contributed by atoms with E-state index in [4.69, 9.17) is 36.5 Å². The zero-order valence-electron chi connectivity index (χ0n) is 14.6. The summed E-state index contributed by atoms with van der Waals surface area (Å²) >= 11 is 7.06. The van der Waals surface area contributed by atoms with Crippen molar-refractivity contribution in [3.63, 3.8) is 0 Å². The van der Waals surface area contributed by atoms with E-state index in [0.717, 1.165) is 0 Å². The molecule has 5 atom stereocenters. The third kappa shape index (κ3) is 3.84. The van der Waals surface area contributed by atoms with Crippen LogP contribution in [0.3, 0.4) is 0 Å². The number of hydrogen-bond acceptors (Lipinski definition) is 7. The molecule has 29 heavy (non-hydrogen) atoms. The molecule has 0 amide bonds. The Morgan fingerprint density at radius 2 is 1.79 bits per heavy atom. The van der Waals surface area contributed by atoms with E-state index >= 15 is 0 Å². The van der Waals surface area contributed by atoms with Crippen molar-refractivity contribution in [2.24, 2.45) is 0 Å². The Morgan fingerprint density at radius 3 is 2.45 bits per heavy atom. The Hall–Kier alpha value is -1.80. The summed E-state index contributed by atoms with van der Waals surface area (Å²) in [5.41, 5.74) is 0.148. The second kappa shape index (κ2) is 7.79. The number of alkyl halides is 1. The summed E-state index contributed by atoms with van der Waals surface area (Å²) in [5.74, 6) is -1.32. The molecule has 0 saturated carbocycles. The van der Waals surface area contributed by atoms with Crippen molar-refractivity contribution in [2.45, 2.75) is 29.8 Å². The zero-order valence-corrected chi connectivity index (χ0v) is 17.8. The molecule has 0 spiro atoms. The number of benzene rings is 2. The summed E-state index contributed by atoms with van der Waals surface area (Å²) in [6, 6.07) is 13.6. The van der Waals surface area contributed by atoms with Gasteiger partial charge in [0.05, 0.1) is 0 Å². The topological polar surface area (TPSA) is 96.0 Å². The minimum atomic E-state index is -5.03. The number of carbonyl (C=O) groups is 2. The van der Waals surface area contributed by atoms with Crippen LogP contribution in [0, 0.1) is 0 Å². The molecule has 2 aromatic rings. The number of Topliss-reactive ketones (excluding diaryl/α,β-unsaturated/α-hetero) is 1. The molecule has 7 nitrogen and oxygen atoms in total. The van der Waals surface area contributed by atoms with E-state index in [2.05, 4.69) is 0 Å². The van der Waals surface area contributed by atoms with E-state index in [9.17, 15) is 17.3 Å². The molecule has 0 aromatic heterocycles. The Labute approximate surface area is 177 Å². The second-order valence-corrected chi connectivity index (χ2v) is 10.8. The number of esters is 1. The van der Waals surface area contributed by atoms with Gasteiger partial charge in [-0.15, -0.1) is 0 Å². The molecule has 2 bridgehead atoms. The monoisotopic (exact) mass is 504 g/mol. The van der Waals surface area contributed by atoms with Crippen LogP contribution in [0.5, 0.6) is 0 Å². The van der Waals surface area contributed by atoms with Crippen molar-refractivity contribution in [1.29, 1.82) is 0 Å². The summed E-state index contributed by atoms with van der Waals surface area (Å²) in [7, 11) is 0. The van der Waals surface area contributed by atoms with Crippen LogP contribution < -0.4 is 4.46 Å². The molecule has 0 aliphatic carbocycles. The van der Waals surface area contributed by atoms with E-state index < -0.39 is 54.6 Å². The molecular formula is C19H14Cl2O7Se. The molecule has 2 aliphatic rings. The van der Waals surface area contributed by atoms with E-state index in [1.807, 2.05) is 0 Å². The standard InChI is InChI=1S/C19H14Cl2O7Se/c20-11-6-4-5-10(9-11)19(23)27-17-14(22)15-13(21)16(18(17)26-15)28-29(24,25)12-7-2-1-3-8-12/h1-9,13,15-18H/t13-,15-,16+,17-,18+/m1/s1. The first-order chi connectivity index (χ1) is 13.8. The van der Waals surface area contributed by atoms with Crippen LogP contribution in [-0.4, -0.2) is 54.6 Å². The van der Waals surface area contributed by atoms with E-state index in [-0.39, 0.29) is 10.0 Å². The Bertz CT molecular complexity index is 1060. The zero-order chi connectivity index (χ0) is 20.8. The van der Waals surface area contributed by atoms with Gasteiger partial charge in [0.15, 0.2) is 0 Å². The van der Waals surface area contributed by atoms with Gasteiger partial charge in [0.25, 0.3) is 0 Å². The third-order valence-corrected chi connectivity index (χ3v) is 8.15. The minimum absolute atomic E-state index is 0.00851. The van der Waals surface area contributed by atoms with Crippen LogP contribution in [0.25, 0.3) is 0 Å². The SMILES string of the molecule is O=C(O[C@@H]1C(=O)[C@@H]2O[C@H]1[C@@H](O[Se](=O)(=O)c1ccccc1)[C@@H]2Cl)c1cccc(Cl)c1. The van der Waals surface area contributed by atoms with E-state index in [1.54, 1.807) is 30.3 Å². The molecule has 2 aliphatic heterocycles. The summed E-state index contributed by atoms with van der Waals surface area (Å²) < 4.78 is 41.4. The maximum absolute atomic E-state index is 12.6. The molecule has 152 valence electrons. The number of hydrogen-bond donors (Lipinski definition) is 0. The molecule has 2 aromatic carbocycles. The third-order valence-electron chi connectivity index (χ3n) is 4.65. The molecule has 0 N–H and O–H groups in total. The predicted octanol–water partition coefficient (Wildman–Crippen LogP) is 1.92. The van der Waals surface area contributed by atoms with E-state index in [0.29, 0.717) is 5.02 Å². The summed E-state index contributed by atoms with van der Waals surface area (Å²) in [6.45, 7) is 0. The van der Waals surface area contributed by atoms with Gasteiger partial charge in [0.2, 0.25) is 0 Å². The average molecular weight is 504 g/mol. The molecule has 2 heterocycles. The molecule has 10 heteroatoms.